The zero-order chi connectivity index (χ0) is 18.6. The molecule has 140 valence electrons. The van der Waals surface area contributed by atoms with Gasteiger partial charge in [0.1, 0.15) is 12.7 Å². The van der Waals surface area contributed by atoms with Crippen molar-refractivity contribution in [1.29, 1.82) is 0 Å². The predicted molar refractivity (Wildman–Crippen MR) is 97.6 cm³/mol. The van der Waals surface area contributed by atoms with Crippen molar-refractivity contribution in [3.05, 3.63) is 36.0 Å². The van der Waals surface area contributed by atoms with E-state index >= 15 is 0 Å². The normalized spacial score (nSPS) is 17.1. The molecule has 0 amide bonds. The summed E-state index contributed by atoms with van der Waals surface area (Å²) in [5.74, 6) is 3.37. The van der Waals surface area contributed by atoms with E-state index < -0.39 is 0 Å². The quantitative estimate of drug-likeness (QED) is 0.636. The first kappa shape index (κ1) is 18.0. The molecular formula is C18H25N5O3. The summed E-state index contributed by atoms with van der Waals surface area (Å²) in [6, 6.07) is 7.65. The van der Waals surface area contributed by atoms with Gasteiger partial charge < -0.3 is 24.6 Å². The first-order valence-electron chi connectivity index (χ1n) is 8.62. The van der Waals surface area contributed by atoms with E-state index in [4.69, 9.17) is 14.0 Å². The molecule has 0 fully saturated rings. The van der Waals surface area contributed by atoms with Gasteiger partial charge in [0.15, 0.2) is 23.3 Å². The fraction of sp³-hybridized carbons (Fsp3) is 0.500. The van der Waals surface area contributed by atoms with Crippen LogP contribution in [0.15, 0.2) is 33.8 Å². The molecule has 0 saturated carbocycles. The summed E-state index contributed by atoms with van der Waals surface area (Å²) < 4.78 is 16.9. The van der Waals surface area contributed by atoms with Crippen LogP contribution in [0.1, 0.15) is 32.5 Å². The number of guanidine groups is 1. The summed E-state index contributed by atoms with van der Waals surface area (Å²) in [6.45, 7) is 7.56. The average Bonchev–Trinajstić information content (AvgIpc) is 3.11. The molecule has 0 radical (unpaired) electrons. The number of rotatable bonds is 4. The molecule has 1 aliphatic rings. The lowest BCUT2D eigenvalue weighted by Gasteiger charge is -2.27. The molecule has 26 heavy (non-hydrogen) atoms. The molecule has 0 aliphatic carbocycles. The standard InChI is InChI=1S/C18H25N5O3/c1-18(2,3)16-22-15(23-26-16)10-21-17(19-4)20-9-12-11-24-13-7-5-6-8-14(13)25-12/h5-8,12H,9-11H2,1-4H3,(H2,19,20,21). The Morgan fingerprint density at radius 1 is 1.23 bits per heavy atom. The molecule has 1 aromatic heterocycles. The van der Waals surface area contributed by atoms with Gasteiger partial charge in [-0.05, 0) is 12.1 Å². The van der Waals surface area contributed by atoms with Gasteiger partial charge in [-0.15, -0.1) is 0 Å². The second-order valence-electron chi connectivity index (χ2n) is 7.07. The van der Waals surface area contributed by atoms with E-state index in [1.54, 1.807) is 7.05 Å². The monoisotopic (exact) mass is 359 g/mol. The lowest BCUT2D eigenvalue weighted by molar-refractivity contribution is 0.0936. The fourth-order valence-electron chi connectivity index (χ4n) is 2.39. The number of ether oxygens (including phenoxy) is 2. The Kier molecular flexibility index (Phi) is 5.29. The molecule has 0 saturated heterocycles. The minimum atomic E-state index is -0.167. The van der Waals surface area contributed by atoms with Crippen LogP contribution in [0.5, 0.6) is 11.5 Å². The highest BCUT2D eigenvalue weighted by molar-refractivity contribution is 5.79. The van der Waals surface area contributed by atoms with Gasteiger partial charge in [0.2, 0.25) is 5.89 Å². The highest BCUT2D eigenvalue weighted by Crippen LogP contribution is 2.30. The molecule has 1 atom stereocenters. The highest BCUT2D eigenvalue weighted by Gasteiger charge is 2.22. The van der Waals surface area contributed by atoms with Crippen LogP contribution in [0, 0.1) is 0 Å². The molecular weight excluding hydrogens is 334 g/mol. The fourth-order valence-corrected chi connectivity index (χ4v) is 2.39. The number of benzene rings is 1. The third kappa shape index (κ3) is 4.44. The molecule has 2 N–H and O–H groups in total. The summed E-state index contributed by atoms with van der Waals surface area (Å²) in [6.07, 6.45) is -0.0962. The van der Waals surface area contributed by atoms with Crippen LogP contribution in [-0.2, 0) is 12.0 Å². The van der Waals surface area contributed by atoms with Gasteiger partial charge in [0.25, 0.3) is 0 Å². The lowest BCUT2D eigenvalue weighted by Crippen LogP contribution is -2.45. The largest absolute Gasteiger partial charge is 0.486 e. The molecule has 0 bridgehead atoms. The molecule has 3 rings (SSSR count). The Bertz CT molecular complexity index is 766. The van der Waals surface area contributed by atoms with E-state index in [0.717, 1.165) is 11.5 Å². The number of fused-ring (bicyclic) bond motifs is 1. The Morgan fingerprint density at radius 2 is 2.00 bits per heavy atom. The van der Waals surface area contributed by atoms with Crippen LogP contribution in [0.2, 0.25) is 0 Å². The van der Waals surface area contributed by atoms with E-state index in [9.17, 15) is 0 Å². The first-order valence-corrected chi connectivity index (χ1v) is 8.62. The predicted octanol–water partition coefficient (Wildman–Crippen LogP) is 1.87. The van der Waals surface area contributed by atoms with Crippen LogP contribution in [0.25, 0.3) is 0 Å². The SMILES string of the molecule is CN=C(NCc1noc(C(C)(C)C)n1)NCC1COc2ccccc2O1. The number of nitrogens with one attached hydrogen (secondary N) is 2. The van der Waals surface area contributed by atoms with Crippen molar-refractivity contribution >= 4 is 5.96 Å². The maximum Gasteiger partial charge on any atom is 0.232 e. The number of aliphatic imine (C=N–C) groups is 1. The molecule has 8 nitrogen and oxygen atoms in total. The van der Waals surface area contributed by atoms with Gasteiger partial charge in [-0.3, -0.25) is 4.99 Å². The van der Waals surface area contributed by atoms with Gasteiger partial charge in [-0.25, -0.2) is 0 Å². The van der Waals surface area contributed by atoms with Crippen LogP contribution in [-0.4, -0.2) is 42.4 Å². The van der Waals surface area contributed by atoms with Crippen molar-refractivity contribution in [3.63, 3.8) is 0 Å². The Labute approximate surface area is 153 Å². The van der Waals surface area contributed by atoms with E-state index in [0.29, 0.717) is 37.4 Å². The van der Waals surface area contributed by atoms with Gasteiger partial charge in [-0.2, -0.15) is 4.98 Å². The number of aromatic nitrogens is 2. The van der Waals surface area contributed by atoms with Gasteiger partial charge in [0, 0.05) is 12.5 Å². The van der Waals surface area contributed by atoms with Crippen LogP contribution < -0.4 is 20.1 Å². The van der Waals surface area contributed by atoms with Crippen molar-refractivity contribution in [2.24, 2.45) is 4.99 Å². The van der Waals surface area contributed by atoms with E-state index in [1.165, 1.54) is 0 Å². The zero-order valence-electron chi connectivity index (χ0n) is 15.6. The number of para-hydroxylation sites is 2. The lowest BCUT2D eigenvalue weighted by atomic mass is 9.97. The van der Waals surface area contributed by atoms with Crippen molar-refractivity contribution in [2.45, 2.75) is 38.8 Å². The van der Waals surface area contributed by atoms with Crippen molar-refractivity contribution in [2.75, 3.05) is 20.2 Å². The molecule has 2 aromatic rings. The van der Waals surface area contributed by atoms with Gasteiger partial charge in [-0.1, -0.05) is 38.1 Å². The molecule has 0 spiro atoms. The van der Waals surface area contributed by atoms with Crippen molar-refractivity contribution in [1.82, 2.24) is 20.8 Å². The minimum absolute atomic E-state index is 0.0962. The molecule has 8 heteroatoms. The summed E-state index contributed by atoms with van der Waals surface area (Å²) in [5.41, 5.74) is -0.167. The van der Waals surface area contributed by atoms with Crippen molar-refractivity contribution in [3.8, 4) is 11.5 Å². The van der Waals surface area contributed by atoms with E-state index in [-0.39, 0.29) is 11.5 Å². The second kappa shape index (κ2) is 7.63. The summed E-state index contributed by atoms with van der Waals surface area (Å²) in [7, 11) is 1.71. The third-order valence-corrected chi connectivity index (χ3v) is 3.81. The molecule has 2 heterocycles. The average molecular weight is 359 g/mol. The highest BCUT2D eigenvalue weighted by atomic mass is 16.6. The molecule has 1 aliphatic heterocycles. The Hall–Kier alpha value is -2.77. The number of hydrogen-bond donors (Lipinski definition) is 2. The summed E-state index contributed by atoms with van der Waals surface area (Å²) in [5, 5.41) is 10.4. The zero-order valence-corrected chi connectivity index (χ0v) is 15.6. The number of nitrogens with zero attached hydrogens (tertiary/aromatic N) is 3. The minimum Gasteiger partial charge on any atom is -0.486 e. The van der Waals surface area contributed by atoms with E-state index in [2.05, 4.69) is 25.8 Å². The Morgan fingerprint density at radius 3 is 2.69 bits per heavy atom. The maximum atomic E-state index is 5.92. The van der Waals surface area contributed by atoms with Gasteiger partial charge in [0.05, 0.1) is 13.1 Å². The summed E-state index contributed by atoms with van der Waals surface area (Å²) >= 11 is 0. The Balaban J connectivity index is 1.48. The maximum absolute atomic E-state index is 5.92. The molecule has 1 aromatic carbocycles. The first-order chi connectivity index (χ1) is 12.5. The second-order valence-corrected chi connectivity index (χ2v) is 7.07. The number of hydrogen-bond acceptors (Lipinski definition) is 6. The van der Waals surface area contributed by atoms with Crippen LogP contribution in [0.4, 0.5) is 0 Å². The summed E-state index contributed by atoms with van der Waals surface area (Å²) in [4.78, 5) is 8.59. The topological polar surface area (TPSA) is 93.8 Å². The third-order valence-electron chi connectivity index (χ3n) is 3.81. The smallest absolute Gasteiger partial charge is 0.232 e. The van der Waals surface area contributed by atoms with Crippen LogP contribution in [0.3, 0.4) is 0 Å². The van der Waals surface area contributed by atoms with Gasteiger partial charge >= 0.3 is 0 Å². The van der Waals surface area contributed by atoms with Crippen LogP contribution >= 0.6 is 0 Å². The van der Waals surface area contributed by atoms with Crippen molar-refractivity contribution < 1.29 is 14.0 Å². The van der Waals surface area contributed by atoms with E-state index in [1.807, 2.05) is 45.0 Å². The molecule has 1 unspecified atom stereocenters.